The molecular weight excluding hydrogens is 356 g/mol. The number of carboxylic acids is 1. The lowest BCUT2D eigenvalue weighted by molar-refractivity contribution is -0.392. The van der Waals surface area contributed by atoms with Crippen LogP contribution in [0, 0.1) is 20.2 Å². The van der Waals surface area contributed by atoms with Crippen LogP contribution in [0.3, 0.4) is 0 Å². The van der Waals surface area contributed by atoms with Gasteiger partial charge in [-0.25, -0.2) is 0 Å². The second kappa shape index (κ2) is 7.28. The zero-order chi connectivity index (χ0) is 19.6. The number of carbonyl (C=O) groups excluding carboxylic acids is 1. The molecule has 2 aromatic rings. The Hall–Kier alpha value is -3.69. The molecule has 10 heteroatoms. The van der Waals surface area contributed by atoms with E-state index in [1.165, 1.54) is 0 Å². The summed E-state index contributed by atoms with van der Waals surface area (Å²) in [7, 11) is 0. The van der Waals surface area contributed by atoms with Crippen molar-refractivity contribution in [1.82, 2.24) is 0 Å². The van der Waals surface area contributed by atoms with Crippen LogP contribution in [0.5, 0.6) is 0 Å². The average Bonchev–Trinajstić information content (AvgIpc) is 2.67. The maximum atomic E-state index is 11.4. The molecule has 1 fully saturated rings. The fourth-order valence-electron chi connectivity index (χ4n) is 3.15. The van der Waals surface area contributed by atoms with Crippen LogP contribution in [-0.2, 0) is 0 Å². The summed E-state index contributed by atoms with van der Waals surface area (Å²) in [5, 5.41) is 33.9. The highest BCUT2D eigenvalue weighted by molar-refractivity contribution is 5.91. The van der Waals surface area contributed by atoms with Gasteiger partial charge in [-0.15, -0.1) is 0 Å². The van der Waals surface area contributed by atoms with Crippen LogP contribution in [-0.4, -0.2) is 42.0 Å². The van der Waals surface area contributed by atoms with Crippen molar-refractivity contribution in [3.05, 3.63) is 68.3 Å². The number of carbonyl (C=O) groups is 1. The Balaban J connectivity index is 1.95. The van der Waals surface area contributed by atoms with Crippen LogP contribution < -0.4 is 14.9 Å². The Morgan fingerprint density at radius 1 is 0.852 bits per heavy atom. The summed E-state index contributed by atoms with van der Waals surface area (Å²) < 4.78 is 0. The van der Waals surface area contributed by atoms with E-state index >= 15 is 0 Å². The van der Waals surface area contributed by atoms with Gasteiger partial charge in [0.25, 0.3) is 11.4 Å². The minimum Gasteiger partial charge on any atom is -0.545 e. The maximum Gasteiger partial charge on any atom is 0.300 e. The van der Waals surface area contributed by atoms with Crippen molar-refractivity contribution in [3.8, 4) is 0 Å². The SMILES string of the molecule is O=C([O-])c1cc([N+](=O)[O-])c(N2CCN(c3ccccc3)CC2)c([N+](=O)[O-])c1. The van der Waals surface area contributed by atoms with Crippen molar-refractivity contribution in [3.63, 3.8) is 0 Å². The average molecular weight is 371 g/mol. The van der Waals surface area contributed by atoms with E-state index in [1.54, 1.807) is 4.90 Å². The van der Waals surface area contributed by atoms with E-state index in [0.29, 0.717) is 26.2 Å². The Labute approximate surface area is 153 Å². The van der Waals surface area contributed by atoms with Crippen molar-refractivity contribution < 1.29 is 19.7 Å². The molecule has 0 unspecified atom stereocenters. The van der Waals surface area contributed by atoms with E-state index in [-0.39, 0.29) is 5.69 Å². The highest BCUT2D eigenvalue weighted by Gasteiger charge is 2.33. The van der Waals surface area contributed by atoms with Crippen molar-refractivity contribution >= 4 is 28.7 Å². The van der Waals surface area contributed by atoms with Gasteiger partial charge in [0.05, 0.1) is 15.8 Å². The highest BCUT2D eigenvalue weighted by atomic mass is 16.6. The number of carboxylic acid groups (broad SMARTS) is 1. The summed E-state index contributed by atoms with van der Waals surface area (Å²) >= 11 is 0. The van der Waals surface area contributed by atoms with E-state index < -0.39 is 32.8 Å². The Morgan fingerprint density at radius 3 is 1.78 bits per heavy atom. The molecule has 140 valence electrons. The third-order valence-corrected chi connectivity index (χ3v) is 4.42. The van der Waals surface area contributed by atoms with Gasteiger partial charge in [-0.3, -0.25) is 20.2 Å². The number of piperazine rings is 1. The number of nitrogens with zero attached hydrogens (tertiary/aromatic N) is 4. The zero-order valence-corrected chi connectivity index (χ0v) is 14.1. The monoisotopic (exact) mass is 371 g/mol. The number of hydrogen-bond acceptors (Lipinski definition) is 8. The smallest absolute Gasteiger partial charge is 0.300 e. The molecule has 27 heavy (non-hydrogen) atoms. The predicted molar refractivity (Wildman–Crippen MR) is 94.9 cm³/mol. The van der Waals surface area contributed by atoms with Crippen LogP contribution in [0.4, 0.5) is 22.7 Å². The normalized spacial score (nSPS) is 14.1. The fourth-order valence-corrected chi connectivity index (χ4v) is 3.15. The Morgan fingerprint density at radius 2 is 1.33 bits per heavy atom. The molecule has 1 aliphatic heterocycles. The van der Waals surface area contributed by atoms with Gasteiger partial charge in [0.1, 0.15) is 0 Å². The molecule has 1 saturated heterocycles. The third-order valence-electron chi connectivity index (χ3n) is 4.42. The van der Waals surface area contributed by atoms with Gasteiger partial charge in [0.15, 0.2) is 5.69 Å². The molecule has 0 spiro atoms. The first-order valence-corrected chi connectivity index (χ1v) is 8.11. The van der Waals surface area contributed by atoms with Crippen molar-refractivity contribution in [2.75, 3.05) is 36.0 Å². The van der Waals surface area contributed by atoms with Gasteiger partial charge in [0, 0.05) is 49.6 Å². The number of rotatable bonds is 5. The van der Waals surface area contributed by atoms with Gasteiger partial charge in [-0.2, -0.15) is 0 Å². The molecule has 0 saturated carbocycles. The summed E-state index contributed by atoms with van der Waals surface area (Å²) in [4.78, 5) is 35.9. The Bertz CT molecular complexity index is 859. The minimum atomic E-state index is -1.71. The third kappa shape index (κ3) is 3.64. The molecule has 0 N–H and O–H groups in total. The number of nitro groups is 2. The van der Waals surface area contributed by atoms with Crippen molar-refractivity contribution in [2.24, 2.45) is 0 Å². The molecule has 0 aliphatic carbocycles. The topological polar surface area (TPSA) is 133 Å². The van der Waals surface area contributed by atoms with Crippen LogP contribution in [0.15, 0.2) is 42.5 Å². The van der Waals surface area contributed by atoms with Gasteiger partial charge in [-0.1, -0.05) is 18.2 Å². The van der Waals surface area contributed by atoms with Gasteiger partial charge < -0.3 is 19.7 Å². The van der Waals surface area contributed by atoms with Crippen LogP contribution in [0.2, 0.25) is 0 Å². The van der Waals surface area contributed by atoms with Gasteiger partial charge in [-0.05, 0) is 12.1 Å². The molecule has 10 nitrogen and oxygen atoms in total. The number of anilines is 2. The van der Waals surface area contributed by atoms with E-state index in [1.807, 2.05) is 30.3 Å². The molecule has 0 bridgehead atoms. The predicted octanol–water partition coefficient (Wildman–Crippen LogP) is 1.19. The van der Waals surface area contributed by atoms with Crippen LogP contribution in [0.1, 0.15) is 10.4 Å². The molecule has 2 aromatic carbocycles. The quantitative estimate of drug-likeness (QED) is 0.565. The summed E-state index contributed by atoms with van der Waals surface area (Å²) in [5.74, 6) is -1.71. The number of nitro benzene ring substituents is 2. The van der Waals surface area contributed by atoms with Crippen molar-refractivity contribution in [1.29, 1.82) is 0 Å². The van der Waals surface area contributed by atoms with E-state index in [9.17, 15) is 30.1 Å². The second-order valence-electron chi connectivity index (χ2n) is 5.97. The molecule has 1 aliphatic rings. The standard InChI is InChI=1S/C17H16N4O6/c22-17(23)12-10-14(20(24)25)16(15(11-12)21(26)27)19-8-6-18(7-9-19)13-4-2-1-3-5-13/h1-5,10-11H,6-9H2,(H,22,23)/p-1. The van der Waals surface area contributed by atoms with E-state index in [0.717, 1.165) is 17.8 Å². The molecule has 0 aromatic heterocycles. The molecule has 0 amide bonds. The first-order valence-electron chi connectivity index (χ1n) is 8.11. The van der Waals surface area contributed by atoms with Crippen LogP contribution in [0.25, 0.3) is 0 Å². The van der Waals surface area contributed by atoms with E-state index in [2.05, 4.69) is 4.90 Å². The zero-order valence-electron chi connectivity index (χ0n) is 14.1. The fraction of sp³-hybridized carbons (Fsp3) is 0.235. The lowest BCUT2D eigenvalue weighted by Gasteiger charge is -2.36. The summed E-state index contributed by atoms with van der Waals surface area (Å²) in [6.45, 7) is 1.67. The second-order valence-corrected chi connectivity index (χ2v) is 5.97. The number of hydrogen-bond donors (Lipinski definition) is 0. The largest absolute Gasteiger partial charge is 0.545 e. The number of benzene rings is 2. The maximum absolute atomic E-state index is 11.4. The van der Waals surface area contributed by atoms with Crippen molar-refractivity contribution in [2.45, 2.75) is 0 Å². The molecule has 0 radical (unpaired) electrons. The van der Waals surface area contributed by atoms with E-state index in [4.69, 9.17) is 0 Å². The lowest BCUT2D eigenvalue weighted by atomic mass is 10.1. The first kappa shape index (κ1) is 18.1. The Kier molecular flexibility index (Phi) is 4.88. The highest BCUT2D eigenvalue weighted by Crippen LogP contribution is 2.39. The molecular formula is C17H15N4O6-. The molecule has 0 atom stereocenters. The minimum absolute atomic E-state index is 0.178. The lowest BCUT2D eigenvalue weighted by Crippen LogP contribution is -2.47. The molecule has 1 heterocycles. The van der Waals surface area contributed by atoms with Gasteiger partial charge in [0.2, 0.25) is 0 Å². The van der Waals surface area contributed by atoms with Gasteiger partial charge >= 0.3 is 0 Å². The van der Waals surface area contributed by atoms with Crippen LogP contribution >= 0.6 is 0 Å². The number of aromatic carboxylic acids is 1. The first-order chi connectivity index (χ1) is 12.9. The summed E-state index contributed by atoms with van der Waals surface area (Å²) in [5.41, 5.74) is -1.01. The summed E-state index contributed by atoms with van der Waals surface area (Å²) in [6.07, 6.45) is 0. The molecule has 3 rings (SSSR count). The summed E-state index contributed by atoms with van der Waals surface area (Å²) in [6, 6.07) is 11.2. The number of para-hydroxylation sites is 1.